The lowest BCUT2D eigenvalue weighted by Crippen LogP contribution is -2.43. The summed E-state index contributed by atoms with van der Waals surface area (Å²) in [6.07, 6.45) is 8.38. The molecule has 1 saturated carbocycles. The minimum atomic E-state index is -0.449. The van der Waals surface area contributed by atoms with Gasteiger partial charge >= 0.3 is 0 Å². The van der Waals surface area contributed by atoms with Crippen molar-refractivity contribution in [3.63, 3.8) is 0 Å². The zero-order valence-electron chi connectivity index (χ0n) is 14.1. The average molecular weight is 334 g/mol. The molecule has 0 saturated heterocycles. The largest absolute Gasteiger partial charge is 0.286 e. The normalized spacial score (nSPS) is 16.8. The summed E-state index contributed by atoms with van der Waals surface area (Å²) in [6.45, 7) is 1.94. The van der Waals surface area contributed by atoms with Gasteiger partial charge in [0.2, 0.25) is 12.3 Å². The molecule has 7 heteroatoms. The summed E-state index contributed by atoms with van der Waals surface area (Å²) in [6, 6.07) is 3.69. The van der Waals surface area contributed by atoms with Crippen LogP contribution >= 0.6 is 0 Å². The predicted octanol–water partition coefficient (Wildman–Crippen LogP) is 2.27. The molecule has 0 radical (unpaired) electrons. The molecule has 7 nitrogen and oxygen atoms in total. The van der Waals surface area contributed by atoms with E-state index in [9.17, 15) is 14.8 Å². The number of aryl methyl sites for hydroxylation is 1. The van der Waals surface area contributed by atoms with Gasteiger partial charge in [0.25, 0.3) is 0 Å². The summed E-state index contributed by atoms with van der Waals surface area (Å²) in [7, 11) is 0. The van der Waals surface area contributed by atoms with Gasteiger partial charge in [0.05, 0.1) is 12.5 Å². The van der Waals surface area contributed by atoms with Crippen molar-refractivity contribution in [3.8, 4) is 0 Å². The molecule has 1 aromatic heterocycles. The van der Waals surface area contributed by atoms with Gasteiger partial charge in [0, 0.05) is 6.20 Å². The van der Waals surface area contributed by atoms with E-state index in [1.807, 2.05) is 19.1 Å². The second-order valence-corrected chi connectivity index (χ2v) is 6.42. The second kappa shape index (κ2) is 9.22. The number of amides is 2. The fourth-order valence-corrected chi connectivity index (χ4v) is 3.23. The highest BCUT2D eigenvalue weighted by Crippen LogP contribution is 2.29. The van der Waals surface area contributed by atoms with Gasteiger partial charge < -0.3 is 0 Å². The number of carbonyl (C=O) groups excluding carboxylic acids is 2. The SMILES string of the molecule is Cc1ccnc(NNC(=O)C(CN(O)C=O)C2CCCCCC2)c1. The summed E-state index contributed by atoms with van der Waals surface area (Å²) in [5.41, 5.74) is 6.51. The number of rotatable bonds is 7. The molecular weight excluding hydrogens is 308 g/mol. The molecule has 132 valence electrons. The van der Waals surface area contributed by atoms with Crippen molar-refractivity contribution in [2.24, 2.45) is 11.8 Å². The van der Waals surface area contributed by atoms with Crippen molar-refractivity contribution in [3.05, 3.63) is 23.9 Å². The highest BCUT2D eigenvalue weighted by molar-refractivity contribution is 5.80. The first-order chi connectivity index (χ1) is 11.6. The third-order valence-electron chi connectivity index (χ3n) is 4.54. The van der Waals surface area contributed by atoms with Crippen LogP contribution in [0.3, 0.4) is 0 Å². The van der Waals surface area contributed by atoms with Crippen LogP contribution in [0.1, 0.15) is 44.1 Å². The number of hydrogen-bond acceptors (Lipinski definition) is 5. The fraction of sp³-hybridized carbons (Fsp3) is 0.588. The van der Waals surface area contributed by atoms with E-state index in [2.05, 4.69) is 15.8 Å². The van der Waals surface area contributed by atoms with Crippen LogP contribution in [0, 0.1) is 18.8 Å². The van der Waals surface area contributed by atoms with Crippen LogP contribution in [0.5, 0.6) is 0 Å². The number of carbonyl (C=O) groups is 2. The first-order valence-electron chi connectivity index (χ1n) is 8.49. The molecule has 1 aliphatic carbocycles. The van der Waals surface area contributed by atoms with Crippen LogP contribution in [-0.4, -0.2) is 34.1 Å². The molecule has 1 aliphatic rings. The number of pyridine rings is 1. The monoisotopic (exact) mass is 334 g/mol. The van der Waals surface area contributed by atoms with Gasteiger partial charge in [-0.2, -0.15) is 0 Å². The Bertz CT molecular complexity index is 544. The lowest BCUT2D eigenvalue weighted by atomic mass is 9.85. The highest BCUT2D eigenvalue weighted by atomic mass is 16.5. The Morgan fingerprint density at radius 3 is 2.75 bits per heavy atom. The maximum absolute atomic E-state index is 12.6. The smallest absolute Gasteiger partial charge is 0.243 e. The first kappa shape index (κ1) is 18.2. The predicted molar refractivity (Wildman–Crippen MR) is 90.0 cm³/mol. The molecule has 0 aliphatic heterocycles. The number of nitrogens with one attached hydrogen (secondary N) is 2. The molecule has 1 aromatic rings. The number of hydrazine groups is 1. The van der Waals surface area contributed by atoms with Crippen molar-refractivity contribution in [1.82, 2.24) is 15.5 Å². The van der Waals surface area contributed by atoms with E-state index in [1.165, 1.54) is 12.8 Å². The second-order valence-electron chi connectivity index (χ2n) is 6.42. The Kier molecular flexibility index (Phi) is 6.99. The Balaban J connectivity index is 2.01. The summed E-state index contributed by atoms with van der Waals surface area (Å²) in [4.78, 5) is 27.5. The number of anilines is 1. The Morgan fingerprint density at radius 1 is 1.42 bits per heavy atom. The minimum absolute atomic E-state index is 0.00290. The molecule has 2 rings (SSSR count). The zero-order chi connectivity index (χ0) is 17.4. The van der Waals surface area contributed by atoms with E-state index in [-0.39, 0.29) is 18.4 Å². The van der Waals surface area contributed by atoms with Crippen LogP contribution in [0.2, 0.25) is 0 Å². The lowest BCUT2D eigenvalue weighted by Gasteiger charge is -2.27. The van der Waals surface area contributed by atoms with Gasteiger partial charge in [-0.15, -0.1) is 0 Å². The first-order valence-corrected chi connectivity index (χ1v) is 8.49. The molecule has 3 N–H and O–H groups in total. The fourth-order valence-electron chi connectivity index (χ4n) is 3.23. The Morgan fingerprint density at radius 2 is 2.12 bits per heavy atom. The van der Waals surface area contributed by atoms with Crippen LogP contribution in [-0.2, 0) is 9.59 Å². The summed E-state index contributed by atoms with van der Waals surface area (Å²) in [5, 5.41) is 10.1. The van der Waals surface area contributed by atoms with E-state index < -0.39 is 5.92 Å². The Hall–Kier alpha value is -2.15. The zero-order valence-corrected chi connectivity index (χ0v) is 14.1. The highest BCUT2D eigenvalue weighted by Gasteiger charge is 2.30. The molecular formula is C17H26N4O3. The van der Waals surface area contributed by atoms with Crippen molar-refractivity contribution in [1.29, 1.82) is 0 Å². The van der Waals surface area contributed by atoms with Crippen molar-refractivity contribution in [2.75, 3.05) is 12.0 Å². The van der Waals surface area contributed by atoms with E-state index in [0.717, 1.165) is 31.2 Å². The van der Waals surface area contributed by atoms with Crippen molar-refractivity contribution in [2.45, 2.75) is 45.4 Å². The maximum atomic E-state index is 12.6. The van der Waals surface area contributed by atoms with Crippen LogP contribution in [0.15, 0.2) is 18.3 Å². The quantitative estimate of drug-likeness (QED) is 0.308. The molecule has 1 unspecified atom stereocenters. The van der Waals surface area contributed by atoms with Crippen LogP contribution in [0.4, 0.5) is 5.82 Å². The summed E-state index contributed by atoms with van der Waals surface area (Å²) in [5.74, 6) is 0.0373. The number of nitrogens with zero attached hydrogens (tertiary/aromatic N) is 2. The van der Waals surface area contributed by atoms with Crippen LogP contribution in [0.25, 0.3) is 0 Å². The third-order valence-corrected chi connectivity index (χ3v) is 4.54. The van der Waals surface area contributed by atoms with Crippen molar-refractivity contribution < 1.29 is 14.8 Å². The number of aromatic nitrogens is 1. The standard InChI is InChI=1S/C17H26N4O3/c1-13-8-9-18-16(10-13)19-20-17(23)15(11-21(24)12-22)14-6-4-2-3-5-7-14/h8-10,12,14-15,24H,2-7,11H2,1H3,(H,18,19)(H,20,23). The van der Waals surface area contributed by atoms with E-state index >= 15 is 0 Å². The molecule has 1 fully saturated rings. The molecule has 1 atom stereocenters. The Labute approximate surface area is 142 Å². The number of hydroxylamine groups is 2. The van der Waals surface area contributed by atoms with Gasteiger partial charge in [-0.25, -0.2) is 10.0 Å². The van der Waals surface area contributed by atoms with E-state index in [1.54, 1.807) is 6.20 Å². The van der Waals surface area contributed by atoms with E-state index in [4.69, 9.17) is 0 Å². The van der Waals surface area contributed by atoms with Gasteiger partial charge in [-0.05, 0) is 43.4 Å². The van der Waals surface area contributed by atoms with Crippen LogP contribution < -0.4 is 10.9 Å². The molecule has 0 bridgehead atoms. The maximum Gasteiger partial charge on any atom is 0.243 e. The topological polar surface area (TPSA) is 94.6 Å². The van der Waals surface area contributed by atoms with E-state index in [0.29, 0.717) is 17.3 Å². The molecule has 24 heavy (non-hydrogen) atoms. The van der Waals surface area contributed by atoms with Gasteiger partial charge in [-0.1, -0.05) is 25.7 Å². The molecule has 0 aromatic carbocycles. The average Bonchev–Trinajstić information content (AvgIpc) is 2.86. The summed E-state index contributed by atoms with van der Waals surface area (Å²) < 4.78 is 0. The summed E-state index contributed by atoms with van der Waals surface area (Å²) >= 11 is 0. The lowest BCUT2D eigenvalue weighted by molar-refractivity contribution is -0.156. The minimum Gasteiger partial charge on any atom is -0.286 e. The molecule has 1 heterocycles. The number of hydrogen-bond donors (Lipinski definition) is 3. The van der Waals surface area contributed by atoms with Gasteiger partial charge in [0.15, 0.2) is 0 Å². The van der Waals surface area contributed by atoms with Gasteiger partial charge in [0.1, 0.15) is 5.82 Å². The van der Waals surface area contributed by atoms with Gasteiger partial charge in [-0.3, -0.25) is 25.6 Å². The molecule has 2 amide bonds. The molecule has 0 spiro atoms. The third kappa shape index (κ3) is 5.49. The van der Waals surface area contributed by atoms with Crippen molar-refractivity contribution >= 4 is 18.1 Å².